The molecule has 72 valence electrons. The van der Waals surface area contributed by atoms with E-state index in [1.165, 1.54) is 21.6 Å². The molecule has 0 saturated carbocycles. The summed E-state index contributed by atoms with van der Waals surface area (Å²) in [6.07, 6.45) is 1.92. The van der Waals surface area contributed by atoms with Gasteiger partial charge in [-0.2, -0.15) is 0 Å². The van der Waals surface area contributed by atoms with E-state index in [0.717, 1.165) is 5.33 Å². The van der Waals surface area contributed by atoms with Gasteiger partial charge in [-0.15, -0.1) is 11.3 Å². The Balaban J connectivity index is 2.53. The molecule has 0 N–H and O–H groups in total. The molecule has 0 aliphatic heterocycles. The van der Waals surface area contributed by atoms with Gasteiger partial charge in [0, 0.05) is 11.5 Å². The van der Waals surface area contributed by atoms with Gasteiger partial charge in [0.15, 0.2) is 0 Å². The fourth-order valence-corrected chi connectivity index (χ4v) is 2.57. The average molecular weight is 268 g/mol. The predicted octanol–water partition coefficient (Wildman–Crippen LogP) is 4.01. The van der Waals surface area contributed by atoms with Gasteiger partial charge in [-0.3, -0.25) is 4.98 Å². The lowest BCUT2D eigenvalue weighted by atomic mass is 10.1. The van der Waals surface area contributed by atoms with Crippen LogP contribution >= 0.6 is 27.3 Å². The van der Waals surface area contributed by atoms with Crippen LogP contribution < -0.4 is 0 Å². The topological polar surface area (TPSA) is 12.9 Å². The Morgan fingerprint density at radius 2 is 2.29 bits per heavy atom. The first-order valence-corrected chi connectivity index (χ1v) is 6.35. The van der Waals surface area contributed by atoms with Crippen LogP contribution in [0.2, 0.25) is 0 Å². The zero-order chi connectivity index (χ0) is 9.97. The van der Waals surface area contributed by atoms with Crippen molar-refractivity contribution in [3.05, 3.63) is 41.0 Å². The van der Waals surface area contributed by atoms with E-state index in [-0.39, 0.29) is 0 Å². The summed E-state index contributed by atoms with van der Waals surface area (Å²) in [6, 6.07) is 6.52. The average Bonchev–Trinajstić information content (AvgIpc) is 2.70. The summed E-state index contributed by atoms with van der Waals surface area (Å²) in [5, 5.41) is 0.891. The first kappa shape index (κ1) is 9.87. The number of halogens is 1. The Hall–Kier alpha value is -0.670. The second-order valence-electron chi connectivity index (χ2n) is 3.16. The largest absolute Gasteiger partial charge is 0.252 e. The van der Waals surface area contributed by atoms with Crippen LogP contribution in [0.1, 0.15) is 11.1 Å². The minimum atomic E-state index is 0.891. The van der Waals surface area contributed by atoms with Crippen molar-refractivity contribution in [1.82, 2.24) is 4.98 Å². The Labute approximate surface area is 95.9 Å². The number of nitrogens with zero attached hydrogens (tertiary/aromatic N) is 1. The summed E-state index contributed by atoms with van der Waals surface area (Å²) in [5.74, 6) is 0. The van der Waals surface area contributed by atoms with Crippen LogP contribution in [0.15, 0.2) is 29.9 Å². The van der Waals surface area contributed by atoms with Gasteiger partial charge in [0.25, 0.3) is 0 Å². The number of hydrogen-bond acceptors (Lipinski definition) is 2. The number of aryl methyl sites for hydroxylation is 1. The molecule has 2 rings (SSSR count). The van der Waals surface area contributed by atoms with Gasteiger partial charge in [-0.05, 0) is 18.1 Å². The molecular formula is C11H10BrNS. The van der Waals surface area contributed by atoms with Crippen LogP contribution in [0.25, 0.3) is 10.4 Å². The predicted molar refractivity (Wildman–Crippen MR) is 64.9 cm³/mol. The highest BCUT2D eigenvalue weighted by Crippen LogP contribution is 2.28. The molecule has 0 fully saturated rings. The Morgan fingerprint density at radius 3 is 2.93 bits per heavy atom. The van der Waals surface area contributed by atoms with E-state index in [0.29, 0.717) is 0 Å². The summed E-state index contributed by atoms with van der Waals surface area (Å²) >= 11 is 5.19. The van der Waals surface area contributed by atoms with Gasteiger partial charge in [0.2, 0.25) is 0 Å². The smallest absolute Gasteiger partial charge is 0.0797 e. The van der Waals surface area contributed by atoms with Gasteiger partial charge in [0.1, 0.15) is 0 Å². The number of thiazole rings is 1. The number of aromatic nitrogens is 1. The quantitative estimate of drug-likeness (QED) is 0.750. The Morgan fingerprint density at radius 1 is 1.43 bits per heavy atom. The molecule has 2 aromatic rings. The molecule has 0 spiro atoms. The number of benzene rings is 1. The van der Waals surface area contributed by atoms with E-state index in [2.05, 4.69) is 46.0 Å². The molecule has 14 heavy (non-hydrogen) atoms. The maximum absolute atomic E-state index is 4.10. The van der Waals surface area contributed by atoms with Crippen LogP contribution in [0, 0.1) is 6.92 Å². The molecule has 0 aliphatic rings. The molecule has 0 bridgehead atoms. The minimum absolute atomic E-state index is 0.891. The first-order valence-electron chi connectivity index (χ1n) is 4.35. The van der Waals surface area contributed by atoms with Crippen LogP contribution in [-0.4, -0.2) is 4.98 Å². The molecular weight excluding hydrogens is 258 g/mol. The molecule has 0 unspecified atom stereocenters. The molecule has 0 aliphatic carbocycles. The van der Waals surface area contributed by atoms with E-state index < -0.39 is 0 Å². The maximum atomic E-state index is 4.10. The SMILES string of the molecule is Cc1ccc(-c2cncs2)c(CBr)c1. The third kappa shape index (κ3) is 1.88. The van der Waals surface area contributed by atoms with E-state index in [1.807, 2.05) is 11.7 Å². The fourth-order valence-electron chi connectivity index (χ4n) is 1.42. The number of alkyl halides is 1. The van der Waals surface area contributed by atoms with E-state index in [9.17, 15) is 0 Å². The number of rotatable bonds is 2. The summed E-state index contributed by atoms with van der Waals surface area (Å²) in [5.41, 5.74) is 5.78. The lowest BCUT2D eigenvalue weighted by Crippen LogP contribution is -1.85. The summed E-state index contributed by atoms with van der Waals surface area (Å²) in [4.78, 5) is 5.34. The second-order valence-corrected chi connectivity index (χ2v) is 4.61. The van der Waals surface area contributed by atoms with Crippen molar-refractivity contribution in [1.29, 1.82) is 0 Å². The molecule has 1 aromatic carbocycles. The third-order valence-electron chi connectivity index (χ3n) is 2.10. The zero-order valence-electron chi connectivity index (χ0n) is 7.83. The van der Waals surface area contributed by atoms with Crippen molar-refractivity contribution in [3.63, 3.8) is 0 Å². The molecule has 1 nitrogen and oxygen atoms in total. The van der Waals surface area contributed by atoms with Gasteiger partial charge in [0.05, 0.1) is 10.4 Å². The van der Waals surface area contributed by atoms with Crippen LogP contribution in [0.3, 0.4) is 0 Å². The molecule has 0 radical (unpaired) electrons. The lowest BCUT2D eigenvalue weighted by Gasteiger charge is -2.05. The van der Waals surface area contributed by atoms with E-state index >= 15 is 0 Å². The molecule has 0 atom stereocenters. The van der Waals surface area contributed by atoms with Crippen LogP contribution in [0.4, 0.5) is 0 Å². The van der Waals surface area contributed by atoms with Crippen LogP contribution in [-0.2, 0) is 5.33 Å². The van der Waals surface area contributed by atoms with Crippen molar-refractivity contribution < 1.29 is 0 Å². The van der Waals surface area contributed by atoms with Crippen molar-refractivity contribution in [3.8, 4) is 10.4 Å². The van der Waals surface area contributed by atoms with Crippen molar-refractivity contribution in [2.24, 2.45) is 0 Å². The highest BCUT2D eigenvalue weighted by atomic mass is 79.9. The summed E-state index contributed by atoms with van der Waals surface area (Å²) in [7, 11) is 0. The van der Waals surface area contributed by atoms with E-state index in [1.54, 1.807) is 11.3 Å². The monoisotopic (exact) mass is 267 g/mol. The second kappa shape index (κ2) is 4.24. The standard InChI is InChI=1S/C11H10BrNS/c1-8-2-3-10(9(4-8)5-12)11-6-13-7-14-11/h2-4,6-7H,5H2,1H3. The molecule has 0 saturated heterocycles. The van der Waals surface area contributed by atoms with Gasteiger partial charge in [-0.1, -0.05) is 39.7 Å². The van der Waals surface area contributed by atoms with Crippen molar-refractivity contribution in [2.45, 2.75) is 12.3 Å². The van der Waals surface area contributed by atoms with Crippen molar-refractivity contribution in [2.75, 3.05) is 0 Å². The maximum Gasteiger partial charge on any atom is 0.0797 e. The van der Waals surface area contributed by atoms with Crippen molar-refractivity contribution >= 4 is 27.3 Å². The van der Waals surface area contributed by atoms with Gasteiger partial charge >= 0.3 is 0 Å². The highest BCUT2D eigenvalue weighted by Gasteiger charge is 2.05. The number of hydrogen-bond donors (Lipinski definition) is 0. The molecule has 0 amide bonds. The third-order valence-corrected chi connectivity index (χ3v) is 3.51. The first-order chi connectivity index (χ1) is 6.81. The molecule has 1 aromatic heterocycles. The van der Waals surface area contributed by atoms with Gasteiger partial charge < -0.3 is 0 Å². The Kier molecular flexibility index (Phi) is 2.99. The minimum Gasteiger partial charge on any atom is -0.252 e. The van der Waals surface area contributed by atoms with Crippen LogP contribution in [0.5, 0.6) is 0 Å². The van der Waals surface area contributed by atoms with Gasteiger partial charge in [-0.25, -0.2) is 0 Å². The fraction of sp³-hybridized carbons (Fsp3) is 0.182. The van der Waals surface area contributed by atoms with E-state index in [4.69, 9.17) is 0 Å². The molecule has 1 heterocycles. The molecule has 3 heteroatoms. The summed E-state index contributed by atoms with van der Waals surface area (Å²) in [6.45, 7) is 2.11. The highest BCUT2D eigenvalue weighted by molar-refractivity contribution is 9.08. The lowest BCUT2D eigenvalue weighted by molar-refractivity contribution is 1.36. The Bertz CT molecular complexity index is 423. The normalized spacial score (nSPS) is 10.4. The summed E-state index contributed by atoms with van der Waals surface area (Å²) < 4.78 is 0. The zero-order valence-corrected chi connectivity index (χ0v) is 10.2.